The Morgan fingerprint density at radius 3 is 2.94 bits per heavy atom. The molecule has 11 heteroatoms. The van der Waals surface area contributed by atoms with E-state index in [9.17, 15) is 9.90 Å². The summed E-state index contributed by atoms with van der Waals surface area (Å²) in [6, 6.07) is 10.3. The van der Waals surface area contributed by atoms with Crippen LogP contribution in [0.2, 0.25) is 0 Å². The van der Waals surface area contributed by atoms with Crippen molar-refractivity contribution in [2.24, 2.45) is 4.99 Å². The molecular weight excluding hydrogens is 484 g/mol. The first-order valence-corrected chi connectivity index (χ1v) is 10.7. The minimum atomic E-state index is -0.187. The first-order valence-electron chi connectivity index (χ1n) is 9.11. The molecule has 0 aliphatic carbocycles. The highest BCUT2D eigenvalue weighted by atomic mass is 79.9. The van der Waals surface area contributed by atoms with E-state index in [1.165, 1.54) is 29.2 Å². The Morgan fingerprint density at radius 2 is 2.13 bits per heavy atom. The number of halogens is 1. The van der Waals surface area contributed by atoms with Crippen LogP contribution in [0.25, 0.3) is 10.9 Å². The molecule has 0 saturated carbocycles. The van der Waals surface area contributed by atoms with Crippen molar-refractivity contribution in [3.63, 3.8) is 0 Å². The highest BCUT2D eigenvalue weighted by Crippen LogP contribution is 2.26. The third-order valence-corrected chi connectivity index (χ3v) is 5.69. The fourth-order valence-electron chi connectivity index (χ4n) is 2.87. The van der Waals surface area contributed by atoms with Crippen molar-refractivity contribution in [3.8, 4) is 11.5 Å². The number of methoxy groups -OCH3 is 1. The summed E-state index contributed by atoms with van der Waals surface area (Å²) in [6.45, 7) is 2.06. The van der Waals surface area contributed by atoms with E-state index in [1.807, 2.05) is 6.07 Å². The van der Waals surface area contributed by atoms with E-state index in [0.717, 1.165) is 10.0 Å². The number of ether oxygens (including phenoxy) is 1. The van der Waals surface area contributed by atoms with Crippen LogP contribution < -0.4 is 15.7 Å². The van der Waals surface area contributed by atoms with E-state index in [1.54, 1.807) is 37.4 Å². The van der Waals surface area contributed by atoms with E-state index in [2.05, 4.69) is 41.5 Å². The van der Waals surface area contributed by atoms with Gasteiger partial charge in [-0.15, -0.1) is 10.2 Å². The van der Waals surface area contributed by atoms with Crippen molar-refractivity contribution < 1.29 is 9.84 Å². The smallest absolute Gasteiger partial charge is 0.279 e. The number of hydrogen-bond donors (Lipinski definition) is 2. The second-order valence-electron chi connectivity index (χ2n) is 6.46. The van der Waals surface area contributed by atoms with Gasteiger partial charge in [0.1, 0.15) is 10.8 Å². The normalized spacial score (nSPS) is 11.3. The van der Waals surface area contributed by atoms with Crippen molar-refractivity contribution in [1.29, 1.82) is 0 Å². The molecule has 2 heterocycles. The fraction of sp³-hybridized carbons (Fsp3) is 0.150. The predicted octanol–water partition coefficient (Wildman–Crippen LogP) is 3.53. The summed E-state index contributed by atoms with van der Waals surface area (Å²) >= 11 is 4.68. The van der Waals surface area contributed by atoms with Crippen LogP contribution in [-0.2, 0) is 6.54 Å². The first kappa shape index (κ1) is 20.9. The Morgan fingerprint density at radius 1 is 1.29 bits per heavy atom. The van der Waals surface area contributed by atoms with Gasteiger partial charge in [-0.2, -0.15) is 0 Å². The molecule has 9 nitrogen and oxygen atoms in total. The number of phenols is 1. The lowest BCUT2D eigenvalue weighted by molar-refractivity contribution is 0.373. The molecule has 0 amide bonds. The lowest BCUT2D eigenvalue weighted by Gasteiger charge is -2.12. The fourth-order valence-corrected chi connectivity index (χ4v) is 3.85. The first-order chi connectivity index (χ1) is 14.9. The number of aromatic nitrogens is 4. The summed E-state index contributed by atoms with van der Waals surface area (Å²) in [5.74, 6) is 0.969. The van der Waals surface area contributed by atoms with Gasteiger partial charge in [0, 0.05) is 10.7 Å². The summed E-state index contributed by atoms with van der Waals surface area (Å²) in [7, 11) is 1.48. The molecule has 0 unspecified atom stereocenters. The standard InChI is InChI=1S/C20H17BrN6O3S/c1-11-24-15-5-4-13(21)8-14(15)19(29)27(11)23-10-18-25-26-20(31-18)22-9-12-3-6-16(28)17(7-12)30-2/h3-9,23,28H,10H2,1-2H3. The van der Waals surface area contributed by atoms with E-state index in [0.29, 0.717) is 39.2 Å². The SMILES string of the molecule is COc1cc(C=Nc2nnc(CNn3c(C)nc4ccc(Br)cc4c3=O)s2)ccc1O. The summed E-state index contributed by atoms with van der Waals surface area (Å²) in [4.78, 5) is 21.6. The third kappa shape index (κ3) is 4.57. The van der Waals surface area contributed by atoms with Gasteiger partial charge in [-0.05, 0) is 48.9 Å². The van der Waals surface area contributed by atoms with E-state index >= 15 is 0 Å². The van der Waals surface area contributed by atoms with Crippen molar-refractivity contribution in [2.75, 3.05) is 12.5 Å². The van der Waals surface area contributed by atoms with Crippen LogP contribution in [0.5, 0.6) is 11.5 Å². The number of nitrogens with one attached hydrogen (secondary N) is 1. The average Bonchev–Trinajstić information content (AvgIpc) is 3.21. The van der Waals surface area contributed by atoms with Gasteiger partial charge in [-0.25, -0.2) is 14.7 Å². The van der Waals surface area contributed by atoms with Gasteiger partial charge in [-0.1, -0.05) is 27.3 Å². The van der Waals surface area contributed by atoms with Crippen molar-refractivity contribution in [1.82, 2.24) is 19.9 Å². The molecule has 4 rings (SSSR count). The average molecular weight is 501 g/mol. The second kappa shape index (κ2) is 8.82. The van der Waals surface area contributed by atoms with Crippen LogP contribution in [-0.4, -0.2) is 38.3 Å². The van der Waals surface area contributed by atoms with Crippen molar-refractivity contribution in [3.05, 3.63) is 67.6 Å². The van der Waals surface area contributed by atoms with Gasteiger partial charge in [0.25, 0.3) is 5.56 Å². The van der Waals surface area contributed by atoms with E-state index in [4.69, 9.17) is 4.74 Å². The van der Waals surface area contributed by atoms with Gasteiger partial charge < -0.3 is 15.3 Å². The summed E-state index contributed by atoms with van der Waals surface area (Å²) in [6.07, 6.45) is 1.61. The molecule has 0 aliphatic heterocycles. The minimum absolute atomic E-state index is 0.0602. The third-order valence-electron chi connectivity index (χ3n) is 4.37. The number of hydrogen-bond acceptors (Lipinski definition) is 9. The Balaban J connectivity index is 1.49. The highest BCUT2D eigenvalue weighted by molar-refractivity contribution is 9.10. The van der Waals surface area contributed by atoms with Gasteiger partial charge in [0.2, 0.25) is 5.13 Å². The molecule has 0 bridgehead atoms. The number of fused-ring (bicyclic) bond motifs is 1. The van der Waals surface area contributed by atoms with Gasteiger partial charge in [0.05, 0.1) is 24.6 Å². The molecule has 0 radical (unpaired) electrons. The molecule has 0 fully saturated rings. The highest BCUT2D eigenvalue weighted by Gasteiger charge is 2.10. The molecular formula is C20H17BrN6O3S. The molecule has 0 spiro atoms. The Hall–Kier alpha value is -3.31. The quantitative estimate of drug-likeness (QED) is 0.389. The lowest BCUT2D eigenvalue weighted by atomic mass is 10.2. The number of nitrogens with zero attached hydrogens (tertiary/aromatic N) is 5. The van der Waals surface area contributed by atoms with Gasteiger partial charge in [0.15, 0.2) is 11.5 Å². The number of aliphatic imine (C=N–C) groups is 1. The Labute approximate surface area is 189 Å². The molecule has 0 saturated heterocycles. The zero-order valence-corrected chi connectivity index (χ0v) is 18.9. The maximum atomic E-state index is 12.8. The molecule has 2 aromatic heterocycles. The number of aryl methyl sites for hydroxylation is 1. The van der Waals surface area contributed by atoms with Crippen LogP contribution in [0.1, 0.15) is 16.4 Å². The Bertz CT molecular complexity index is 1350. The summed E-state index contributed by atoms with van der Waals surface area (Å²) in [5.41, 5.74) is 4.26. The van der Waals surface area contributed by atoms with Gasteiger partial charge in [-0.3, -0.25) is 4.79 Å². The van der Waals surface area contributed by atoms with E-state index < -0.39 is 0 Å². The zero-order chi connectivity index (χ0) is 22.0. The number of rotatable bonds is 6. The summed E-state index contributed by atoms with van der Waals surface area (Å²) in [5, 5.41) is 19.5. The largest absolute Gasteiger partial charge is 0.504 e. The second-order valence-corrected chi connectivity index (χ2v) is 8.42. The number of aromatic hydroxyl groups is 1. The van der Waals surface area contributed by atoms with Crippen LogP contribution >= 0.6 is 27.3 Å². The number of benzene rings is 2. The molecule has 4 aromatic rings. The van der Waals surface area contributed by atoms with E-state index in [-0.39, 0.29) is 11.3 Å². The maximum Gasteiger partial charge on any atom is 0.279 e. The lowest BCUT2D eigenvalue weighted by Crippen LogP contribution is -2.31. The van der Waals surface area contributed by atoms with Crippen LogP contribution in [0.15, 0.2) is 50.7 Å². The molecule has 0 atom stereocenters. The Kier molecular flexibility index (Phi) is 5.96. The maximum absolute atomic E-state index is 12.8. The predicted molar refractivity (Wildman–Crippen MR) is 123 cm³/mol. The molecule has 2 aromatic carbocycles. The molecule has 158 valence electrons. The number of phenolic OH excluding ortho intramolecular Hbond substituents is 1. The topological polar surface area (TPSA) is 115 Å². The van der Waals surface area contributed by atoms with Gasteiger partial charge >= 0.3 is 0 Å². The molecule has 2 N–H and O–H groups in total. The van der Waals surface area contributed by atoms with Crippen LogP contribution in [0, 0.1) is 6.92 Å². The monoisotopic (exact) mass is 500 g/mol. The van der Waals surface area contributed by atoms with Crippen LogP contribution in [0.4, 0.5) is 5.13 Å². The van der Waals surface area contributed by atoms with Crippen molar-refractivity contribution in [2.45, 2.75) is 13.5 Å². The minimum Gasteiger partial charge on any atom is -0.504 e. The summed E-state index contributed by atoms with van der Waals surface area (Å²) < 4.78 is 7.30. The molecule has 0 aliphatic rings. The zero-order valence-electron chi connectivity index (χ0n) is 16.5. The molecule has 31 heavy (non-hydrogen) atoms. The van der Waals surface area contributed by atoms with Crippen LogP contribution in [0.3, 0.4) is 0 Å². The van der Waals surface area contributed by atoms with Crippen molar-refractivity contribution >= 4 is 49.5 Å².